The maximum absolute atomic E-state index is 6.16. The van der Waals surface area contributed by atoms with E-state index in [2.05, 4.69) is 31.9 Å². The third-order valence-corrected chi connectivity index (χ3v) is 5.18. The van der Waals surface area contributed by atoms with Gasteiger partial charge in [-0.2, -0.15) is 0 Å². The van der Waals surface area contributed by atoms with Crippen LogP contribution in [-0.4, -0.2) is 55.7 Å². The maximum Gasteiger partial charge on any atom is 0.191 e. The largest absolute Gasteiger partial charge is 0.497 e. The number of piperazine rings is 1. The van der Waals surface area contributed by atoms with Gasteiger partial charge in [-0.3, -0.25) is 4.99 Å². The van der Waals surface area contributed by atoms with E-state index in [1.165, 1.54) is 5.56 Å². The Balaban J connectivity index is 0.00000243. The summed E-state index contributed by atoms with van der Waals surface area (Å²) in [7, 11) is 1.68. The van der Waals surface area contributed by atoms with Crippen LogP contribution in [0.3, 0.4) is 0 Å². The quantitative estimate of drug-likeness (QED) is 0.294. The first kappa shape index (κ1) is 20.8. The van der Waals surface area contributed by atoms with Crippen molar-refractivity contribution in [1.82, 2.24) is 9.88 Å². The Hall–Kier alpha value is -1.55. The smallest absolute Gasteiger partial charge is 0.191 e. The topological polar surface area (TPSA) is 67.0 Å². The minimum atomic E-state index is 0. The van der Waals surface area contributed by atoms with Gasteiger partial charge in [0.15, 0.2) is 11.1 Å². The molecule has 0 aliphatic carbocycles. The zero-order valence-electron chi connectivity index (χ0n) is 15.0. The Morgan fingerprint density at radius 1 is 1.23 bits per heavy atom. The van der Waals surface area contributed by atoms with Crippen LogP contribution in [0.4, 0.5) is 5.13 Å². The van der Waals surface area contributed by atoms with Crippen molar-refractivity contribution in [2.75, 3.05) is 44.7 Å². The van der Waals surface area contributed by atoms with E-state index in [0.717, 1.165) is 56.4 Å². The first-order valence-corrected chi connectivity index (χ1v) is 9.46. The van der Waals surface area contributed by atoms with Gasteiger partial charge in [0.2, 0.25) is 0 Å². The number of guanidine groups is 1. The van der Waals surface area contributed by atoms with Crippen molar-refractivity contribution in [3.63, 3.8) is 0 Å². The molecule has 1 aliphatic heterocycles. The fourth-order valence-electron chi connectivity index (χ4n) is 2.87. The lowest BCUT2D eigenvalue weighted by Gasteiger charge is -2.35. The zero-order valence-corrected chi connectivity index (χ0v) is 18.2. The Kier molecular flexibility index (Phi) is 8.43. The van der Waals surface area contributed by atoms with E-state index in [1.807, 2.05) is 23.7 Å². The second-order valence-corrected chi connectivity index (χ2v) is 6.85. The van der Waals surface area contributed by atoms with Gasteiger partial charge in [0.25, 0.3) is 0 Å². The summed E-state index contributed by atoms with van der Waals surface area (Å²) in [5.41, 5.74) is 7.46. The predicted molar refractivity (Wildman–Crippen MR) is 119 cm³/mol. The number of anilines is 1. The molecule has 0 radical (unpaired) electrons. The molecule has 1 aromatic carbocycles. The highest BCUT2D eigenvalue weighted by atomic mass is 127. The lowest BCUT2D eigenvalue weighted by atomic mass is 10.1. The van der Waals surface area contributed by atoms with Crippen LogP contribution in [0.1, 0.15) is 12.0 Å². The molecule has 2 aromatic rings. The number of aryl methyl sites for hydroxylation is 1. The van der Waals surface area contributed by atoms with Crippen LogP contribution in [-0.2, 0) is 6.42 Å². The monoisotopic (exact) mass is 487 g/mol. The van der Waals surface area contributed by atoms with Gasteiger partial charge in [-0.25, -0.2) is 4.98 Å². The number of rotatable bonds is 6. The highest BCUT2D eigenvalue weighted by molar-refractivity contribution is 14.0. The van der Waals surface area contributed by atoms with Crippen molar-refractivity contribution in [2.45, 2.75) is 12.8 Å². The van der Waals surface area contributed by atoms with Gasteiger partial charge >= 0.3 is 0 Å². The molecule has 142 valence electrons. The molecule has 0 bridgehead atoms. The third-order valence-electron chi connectivity index (χ3n) is 4.35. The van der Waals surface area contributed by atoms with Gasteiger partial charge in [0.1, 0.15) is 5.75 Å². The van der Waals surface area contributed by atoms with E-state index in [-0.39, 0.29) is 24.0 Å². The second-order valence-electron chi connectivity index (χ2n) is 5.98. The van der Waals surface area contributed by atoms with Crippen molar-refractivity contribution < 1.29 is 4.74 Å². The number of aromatic nitrogens is 1. The number of nitrogens with zero attached hydrogens (tertiary/aromatic N) is 4. The van der Waals surface area contributed by atoms with Crippen LogP contribution in [0.5, 0.6) is 5.75 Å². The molecule has 1 fully saturated rings. The highest BCUT2D eigenvalue weighted by Crippen LogP contribution is 2.18. The van der Waals surface area contributed by atoms with E-state index in [1.54, 1.807) is 18.4 Å². The summed E-state index contributed by atoms with van der Waals surface area (Å²) in [6, 6.07) is 8.19. The summed E-state index contributed by atoms with van der Waals surface area (Å²) in [5.74, 6) is 1.55. The van der Waals surface area contributed by atoms with Crippen molar-refractivity contribution >= 4 is 46.4 Å². The number of halogens is 1. The van der Waals surface area contributed by atoms with Crippen molar-refractivity contribution in [2.24, 2.45) is 10.7 Å². The number of methoxy groups -OCH3 is 1. The fraction of sp³-hybridized carbons (Fsp3) is 0.444. The molecule has 26 heavy (non-hydrogen) atoms. The molecule has 1 aromatic heterocycles. The number of nitrogens with two attached hydrogens (primary N) is 1. The molecular formula is C18H26IN5OS. The summed E-state index contributed by atoms with van der Waals surface area (Å²) in [6.07, 6.45) is 3.84. The van der Waals surface area contributed by atoms with Gasteiger partial charge in [-0.05, 0) is 30.5 Å². The third kappa shape index (κ3) is 5.73. The molecule has 1 saturated heterocycles. The summed E-state index contributed by atoms with van der Waals surface area (Å²) in [6.45, 7) is 4.43. The second kappa shape index (κ2) is 10.6. The Labute approximate surface area is 176 Å². The first-order valence-electron chi connectivity index (χ1n) is 8.58. The number of thiazole rings is 1. The van der Waals surface area contributed by atoms with E-state index in [0.29, 0.717) is 5.96 Å². The molecule has 0 unspecified atom stereocenters. The summed E-state index contributed by atoms with van der Waals surface area (Å²) < 4.78 is 5.17. The van der Waals surface area contributed by atoms with Crippen LogP contribution in [0, 0.1) is 0 Å². The van der Waals surface area contributed by atoms with Crippen molar-refractivity contribution in [3.05, 3.63) is 41.4 Å². The van der Waals surface area contributed by atoms with Gasteiger partial charge in [0.05, 0.1) is 7.11 Å². The Morgan fingerprint density at radius 3 is 2.58 bits per heavy atom. The average Bonchev–Trinajstić information content (AvgIpc) is 3.20. The molecule has 2 heterocycles. The lowest BCUT2D eigenvalue weighted by Crippen LogP contribution is -2.51. The molecule has 0 saturated carbocycles. The SMILES string of the molecule is COc1ccc(CCCN=C(N)N2CCN(c3nccs3)CC2)cc1.I. The normalized spacial score (nSPS) is 14.9. The molecule has 1 aliphatic rings. The van der Waals surface area contributed by atoms with E-state index in [4.69, 9.17) is 10.5 Å². The number of hydrogen-bond acceptors (Lipinski definition) is 5. The van der Waals surface area contributed by atoms with Crippen LogP contribution >= 0.6 is 35.3 Å². The molecule has 8 heteroatoms. The molecular weight excluding hydrogens is 461 g/mol. The first-order chi connectivity index (χ1) is 12.3. The number of aliphatic imine (C=N–C) groups is 1. The molecule has 2 N–H and O–H groups in total. The fourth-order valence-corrected chi connectivity index (χ4v) is 3.56. The average molecular weight is 487 g/mol. The number of ether oxygens (including phenoxy) is 1. The minimum absolute atomic E-state index is 0. The predicted octanol–water partition coefficient (Wildman–Crippen LogP) is 2.84. The van der Waals surface area contributed by atoms with Crippen LogP contribution < -0.4 is 15.4 Å². The summed E-state index contributed by atoms with van der Waals surface area (Å²) in [5, 5.41) is 3.11. The van der Waals surface area contributed by atoms with Crippen molar-refractivity contribution in [3.8, 4) is 5.75 Å². The van der Waals surface area contributed by atoms with Gasteiger partial charge in [0, 0.05) is 44.3 Å². The molecule has 0 amide bonds. The van der Waals surface area contributed by atoms with Crippen LogP contribution in [0.15, 0.2) is 40.8 Å². The van der Waals surface area contributed by atoms with E-state index < -0.39 is 0 Å². The molecule has 3 rings (SSSR count). The van der Waals surface area contributed by atoms with Gasteiger partial charge in [-0.15, -0.1) is 35.3 Å². The standard InChI is InChI=1S/C18H25N5OS.HI/c1-24-16-6-4-15(5-7-16)3-2-8-20-17(19)22-10-12-23(13-11-22)18-21-9-14-25-18;/h4-7,9,14H,2-3,8,10-13H2,1H3,(H2,19,20);1H. The van der Waals surface area contributed by atoms with Crippen LogP contribution in [0.25, 0.3) is 0 Å². The van der Waals surface area contributed by atoms with Gasteiger partial charge < -0.3 is 20.3 Å². The van der Waals surface area contributed by atoms with E-state index >= 15 is 0 Å². The summed E-state index contributed by atoms with van der Waals surface area (Å²) in [4.78, 5) is 13.4. The molecule has 0 atom stereocenters. The zero-order chi connectivity index (χ0) is 17.5. The number of benzene rings is 1. The van der Waals surface area contributed by atoms with Crippen LogP contribution in [0.2, 0.25) is 0 Å². The molecule has 0 spiro atoms. The Bertz CT molecular complexity index is 669. The minimum Gasteiger partial charge on any atom is -0.497 e. The summed E-state index contributed by atoms with van der Waals surface area (Å²) >= 11 is 1.68. The lowest BCUT2D eigenvalue weighted by molar-refractivity contribution is 0.380. The molecule has 6 nitrogen and oxygen atoms in total. The van der Waals surface area contributed by atoms with E-state index in [9.17, 15) is 0 Å². The van der Waals surface area contributed by atoms with Gasteiger partial charge in [-0.1, -0.05) is 12.1 Å². The van der Waals surface area contributed by atoms with Crippen molar-refractivity contribution in [1.29, 1.82) is 0 Å². The highest BCUT2D eigenvalue weighted by Gasteiger charge is 2.19. The Morgan fingerprint density at radius 2 is 1.96 bits per heavy atom. The maximum atomic E-state index is 6.16. The number of hydrogen-bond donors (Lipinski definition) is 1.